The lowest BCUT2D eigenvalue weighted by Gasteiger charge is -2.13. The molecule has 14 heteroatoms. The Labute approximate surface area is 210 Å². The molecule has 0 aliphatic carbocycles. The van der Waals surface area contributed by atoms with Crippen LogP contribution in [-0.2, 0) is 14.8 Å². The third-order valence-electron chi connectivity index (χ3n) is 5.09. The maximum absolute atomic E-state index is 12.7. The molecule has 2 N–H and O–H groups in total. The zero-order chi connectivity index (χ0) is 27.0. The normalized spacial score (nSPS) is 10.7. The molecule has 3 aromatic rings. The van der Waals surface area contributed by atoms with Crippen molar-refractivity contribution in [2.24, 2.45) is 5.11 Å². The second-order valence-electron chi connectivity index (χ2n) is 7.34. The van der Waals surface area contributed by atoms with Crippen molar-refractivity contribution in [3.05, 3.63) is 98.4 Å². The van der Waals surface area contributed by atoms with Crippen molar-refractivity contribution in [2.75, 3.05) is 20.2 Å². The number of sulfonamides is 1. The van der Waals surface area contributed by atoms with E-state index < -0.39 is 37.4 Å². The molecule has 0 heterocycles. The summed E-state index contributed by atoms with van der Waals surface area (Å²) in [4.78, 5) is 37.6. The van der Waals surface area contributed by atoms with E-state index in [1.54, 1.807) is 18.2 Å². The molecule has 0 aliphatic rings. The van der Waals surface area contributed by atoms with Gasteiger partial charge >= 0.3 is 5.97 Å². The van der Waals surface area contributed by atoms with Gasteiger partial charge in [-0.2, -0.15) is 0 Å². The maximum Gasteiger partial charge on any atom is 0.338 e. The number of nitrogens with zero attached hydrogens (tertiary/aromatic N) is 4. The maximum atomic E-state index is 12.7. The summed E-state index contributed by atoms with van der Waals surface area (Å²) in [5.41, 5.74) is 9.56. The summed E-state index contributed by atoms with van der Waals surface area (Å²) in [6, 6.07) is 15.6. The van der Waals surface area contributed by atoms with Gasteiger partial charge in [0.05, 0.1) is 17.6 Å². The van der Waals surface area contributed by atoms with Crippen molar-refractivity contribution in [1.29, 1.82) is 0 Å². The number of esters is 1. The molecule has 37 heavy (non-hydrogen) atoms. The lowest BCUT2D eigenvalue weighted by atomic mass is 9.96. The molecule has 0 saturated carbocycles. The summed E-state index contributed by atoms with van der Waals surface area (Å²) in [6.45, 7) is -0.375. The summed E-state index contributed by atoms with van der Waals surface area (Å²) in [6.07, 6.45) is 0. The van der Waals surface area contributed by atoms with Crippen molar-refractivity contribution in [3.8, 4) is 11.1 Å². The summed E-state index contributed by atoms with van der Waals surface area (Å²) in [7, 11) is -2.98. The monoisotopic (exact) mass is 524 g/mol. The Morgan fingerprint density at radius 3 is 2.46 bits per heavy atom. The lowest BCUT2D eigenvalue weighted by molar-refractivity contribution is -0.387. The van der Waals surface area contributed by atoms with E-state index in [1.807, 2.05) is 0 Å². The first-order valence-corrected chi connectivity index (χ1v) is 12.1. The van der Waals surface area contributed by atoms with Crippen LogP contribution in [-0.4, -0.2) is 45.4 Å². The van der Waals surface area contributed by atoms with Crippen molar-refractivity contribution in [2.45, 2.75) is 4.90 Å². The van der Waals surface area contributed by atoms with E-state index in [9.17, 15) is 28.1 Å². The molecule has 1 amide bonds. The van der Waals surface area contributed by atoms with Crippen molar-refractivity contribution < 1.29 is 27.7 Å². The van der Waals surface area contributed by atoms with Crippen LogP contribution in [0, 0.1) is 10.1 Å². The van der Waals surface area contributed by atoms with E-state index in [1.165, 1.54) is 43.5 Å². The largest absolute Gasteiger partial charge is 0.465 e. The van der Waals surface area contributed by atoms with Gasteiger partial charge in [-0.15, -0.1) is 0 Å². The number of amides is 1. The smallest absolute Gasteiger partial charge is 0.338 e. The van der Waals surface area contributed by atoms with Gasteiger partial charge in [0, 0.05) is 35.3 Å². The standard InChI is InChI=1S/C23H20N6O7S/c1-36-23(31)17-7-3-2-6-16(17)18-14-15(10-11-19(18)27-28-24)22(30)25-12-13-26-37(34,35)21-9-5-4-8-20(21)29(32)33/h2-11,14,26H,12-13H2,1H3,(H,25,30). The fourth-order valence-electron chi connectivity index (χ4n) is 3.41. The minimum atomic E-state index is -4.20. The predicted octanol–water partition coefficient (Wildman–Crippen LogP) is 3.70. The Kier molecular flexibility index (Phi) is 8.53. The number of methoxy groups -OCH3 is 1. The molecule has 13 nitrogen and oxygen atoms in total. The van der Waals surface area contributed by atoms with Crippen LogP contribution < -0.4 is 10.0 Å². The number of para-hydroxylation sites is 1. The Morgan fingerprint density at radius 1 is 1.05 bits per heavy atom. The molecule has 190 valence electrons. The Hall–Kier alpha value is -4.78. The second-order valence-corrected chi connectivity index (χ2v) is 9.07. The predicted molar refractivity (Wildman–Crippen MR) is 133 cm³/mol. The number of rotatable bonds is 10. The highest BCUT2D eigenvalue weighted by Crippen LogP contribution is 2.34. The highest BCUT2D eigenvalue weighted by molar-refractivity contribution is 7.89. The number of hydrogen-bond donors (Lipinski definition) is 2. The van der Waals surface area contributed by atoms with Crippen LogP contribution in [0.1, 0.15) is 20.7 Å². The highest BCUT2D eigenvalue weighted by Gasteiger charge is 2.24. The molecule has 0 spiro atoms. The number of carbonyl (C=O) groups is 2. The molecular formula is C23H20N6O7S. The fourth-order valence-corrected chi connectivity index (χ4v) is 4.61. The topological polar surface area (TPSA) is 193 Å². The van der Waals surface area contributed by atoms with Crippen LogP contribution in [0.2, 0.25) is 0 Å². The number of nitro benzene ring substituents is 1. The molecule has 0 fully saturated rings. The number of nitro groups is 1. The van der Waals surface area contributed by atoms with E-state index in [0.29, 0.717) is 11.1 Å². The molecule has 3 aromatic carbocycles. The molecule has 0 bridgehead atoms. The first-order valence-electron chi connectivity index (χ1n) is 10.6. The number of benzene rings is 3. The first-order chi connectivity index (χ1) is 17.7. The molecule has 0 aromatic heterocycles. The number of ether oxygens (including phenoxy) is 1. The lowest BCUT2D eigenvalue weighted by Crippen LogP contribution is -2.34. The van der Waals surface area contributed by atoms with Gasteiger partial charge in [-0.1, -0.05) is 41.5 Å². The second kappa shape index (κ2) is 11.8. The summed E-state index contributed by atoms with van der Waals surface area (Å²) >= 11 is 0. The van der Waals surface area contributed by atoms with Crippen LogP contribution >= 0.6 is 0 Å². The van der Waals surface area contributed by atoms with E-state index in [2.05, 4.69) is 20.1 Å². The van der Waals surface area contributed by atoms with Gasteiger partial charge in [-0.3, -0.25) is 14.9 Å². The van der Waals surface area contributed by atoms with Crippen LogP contribution in [0.4, 0.5) is 11.4 Å². The van der Waals surface area contributed by atoms with Crippen LogP contribution in [0.5, 0.6) is 0 Å². The van der Waals surface area contributed by atoms with Crippen molar-refractivity contribution >= 4 is 33.3 Å². The average Bonchev–Trinajstić information content (AvgIpc) is 2.91. The first kappa shape index (κ1) is 26.8. The van der Waals surface area contributed by atoms with Gasteiger partial charge < -0.3 is 10.1 Å². The Balaban J connectivity index is 1.77. The van der Waals surface area contributed by atoms with Gasteiger partial charge in [-0.05, 0) is 40.9 Å². The van der Waals surface area contributed by atoms with Crippen LogP contribution in [0.25, 0.3) is 21.6 Å². The van der Waals surface area contributed by atoms with Crippen molar-refractivity contribution in [3.63, 3.8) is 0 Å². The summed E-state index contributed by atoms with van der Waals surface area (Å²) in [5.74, 6) is -1.20. The van der Waals surface area contributed by atoms with Crippen molar-refractivity contribution in [1.82, 2.24) is 10.0 Å². The highest BCUT2D eigenvalue weighted by atomic mass is 32.2. The molecule has 0 atom stereocenters. The molecule has 0 saturated heterocycles. The quantitative estimate of drug-likeness (QED) is 0.0767. The SMILES string of the molecule is COC(=O)c1ccccc1-c1cc(C(=O)NCCNS(=O)(=O)c2ccccc2[N+](=O)[O-])ccc1N=[N+]=[N-]. The Bertz CT molecular complexity index is 1520. The van der Waals surface area contributed by atoms with E-state index in [-0.39, 0.29) is 29.9 Å². The zero-order valence-electron chi connectivity index (χ0n) is 19.3. The molecule has 0 unspecified atom stereocenters. The van der Waals surface area contributed by atoms with Gasteiger partial charge in [0.15, 0.2) is 4.90 Å². The average molecular weight is 525 g/mol. The third kappa shape index (κ3) is 6.27. The van der Waals surface area contributed by atoms with E-state index >= 15 is 0 Å². The molecule has 0 aliphatic heterocycles. The minimum Gasteiger partial charge on any atom is -0.465 e. The summed E-state index contributed by atoms with van der Waals surface area (Å²) in [5, 5.41) is 17.3. The zero-order valence-corrected chi connectivity index (χ0v) is 20.1. The third-order valence-corrected chi connectivity index (χ3v) is 6.60. The van der Waals surface area contributed by atoms with Gasteiger partial charge in [-0.25, -0.2) is 17.9 Å². The number of hydrogen-bond acceptors (Lipinski definition) is 8. The van der Waals surface area contributed by atoms with Crippen LogP contribution in [0.3, 0.4) is 0 Å². The van der Waals surface area contributed by atoms with Gasteiger partial charge in [0.25, 0.3) is 11.6 Å². The van der Waals surface area contributed by atoms with E-state index in [0.717, 1.165) is 12.1 Å². The number of azide groups is 1. The number of nitrogens with one attached hydrogen (secondary N) is 2. The molecular weight excluding hydrogens is 504 g/mol. The Morgan fingerprint density at radius 2 is 1.76 bits per heavy atom. The van der Waals surface area contributed by atoms with E-state index in [4.69, 9.17) is 10.3 Å². The molecule has 3 rings (SSSR count). The fraction of sp³-hybridized carbons (Fsp3) is 0.130. The minimum absolute atomic E-state index is 0.134. The number of carbonyl (C=O) groups excluding carboxylic acids is 2. The molecule has 0 radical (unpaired) electrons. The van der Waals surface area contributed by atoms with Gasteiger partial charge in [0.2, 0.25) is 10.0 Å². The van der Waals surface area contributed by atoms with Crippen LogP contribution in [0.15, 0.2) is 76.7 Å². The summed E-state index contributed by atoms with van der Waals surface area (Å²) < 4.78 is 32.0. The van der Waals surface area contributed by atoms with Gasteiger partial charge in [0.1, 0.15) is 0 Å².